The Hall–Kier alpha value is -2.17. The zero-order valence-corrected chi connectivity index (χ0v) is 13.5. The molecule has 0 heterocycles. The average Bonchev–Trinajstić information content (AvgIpc) is 2.52. The smallest absolute Gasteiger partial charge is 0.417 e. The quantitative estimate of drug-likeness (QED) is 0.738. The van der Waals surface area contributed by atoms with Crippen LogP contribution in [-0.4, -0.2) is 14.2 Å². The van der Waals surface area contributed by atoms with Gasteiger partial charge < -0.3 is 9.47 Å². The number of hydrogen-bond donors (Lipinski definition) is 0. The largest absolute Gasteiger partial charge is 0.496 e. The Morgan fingerprint density at radius 3 is 2.09 bits per heavy atom. The van der Waals surface area contributed by atoms with Crippen LogP contribution in [0.25, 0.3) is 11.1 Å². The summed E-state index contributed by atoms with van der Waals surface area (Å²) in [5.41, 5.74) is 0.609. The molecule has 2 aromatic carbocycles. The van der Waals surface area contributed by atoms with E-state index in [-0.39, 0.29) is 17.2 Å². The van der Waals surface area contributed by atoms with E-state index in [4.69, 9.17) is 9.47 Å². The molecule has 0 saturated carbocycles. The molecule has 0 radical (unpaired) electrons. The fourth-order valence-electron chi connectivity index (χ4n) is 2.49. The second kappa shape index (κ2) is 6.52. The van der Waals surface area contributed by atoms with Gasteiger partial charge in [-0.25, -0.2) is 0 Å². The fourth-order valence-corrected chi connectivity index (χ4v) is 2.49. The number of hydrogen-bond acceptors (Lipinski definition) is 2. The Morgan fingerprint density at radius 1 is 0.913 bits per heavy atom. The van der Waals surface area contributed by atoms with E-state index in [0.29, 0.717) is 11.3 Å². The van der Waals surface area contributed by atoms with Crippen molar-refractivity contribution in [1.29, 1.82) is 0 Å². The lowest BCUT2D eigenvalue weighted by Gasteiger charge is -2.19. The summed E-state index contributed by atoms with van der Waals surface area (Å²) in [7, 11) is 2.81. The molecule has 2 nitrogen and oxygen atoms in total. The van der Waals surface area contributed by atoms with Gasteiger partial charge in [0.15, 0.2) is 0 Å². The van der Waals surface area contributed by atoms with Crippen LogP contribution in [-0.2, 0) is 6.18 Å². The summed E-state index contributed by atoms with van der Waals surface area (Å²) in [6.07, 6.45) is -4.48. The van der Waals surface area contributed by atoms with Crippen LogP contribution in [0, 0.1) is 0 Å². The van der Waals surface area contributed by atoms with Crippen molar-refractivity contribution < 1.29 is 22.6 Å². The summed E-state index contributed by atoms with van der Waals surface area (Å²) in [5.74, 6) is 0.805. The van der Waals surface area contributed by atoms with Crippen molar-refractivity contribution in [2.75, 3.05) is 14.2 Å². The first-order chi connectivity index (χ1) is 10.8. The second-order valence-electron chi connectivity index (χ2n) is 5.50. The van der Waals surface area contributed by atoms with Gasteiger partial charge in [-0.1, -0.05) is 32.0 Å². The topological polar surface area (TPSA) is 18.5 Å². The van der Waals surface area contributed by atoms with Gasteiger partial charge in [0, 0.05) is 11.1 Å². The zero-order valence-electron chi connectivity index (χ0n) is 13.5. The van der Waals surface area contributed by atoms with Gasteiger partial charge in [0.1, 0.15) is 11.5 Å². The predicted molar refractivity (Wildman–Crippen MR) is 84.1 cm³/mol. The normalized spacial score (nSPS) is 11.7. The van der Waals surface area contributed by atoms with E-state index in [0.717, 1.165) is 11.6 Å². The number of methoxy groups -OCH3 is 2. The molecule has 2 rings (SSSR count). The highest BCUT2D eigenvalue weighted by Crippen LogP contribution is 2.45. The van der Waals surface area contributed by atoms with Gasteiger partial charge >= 0.3 is 6.18 Å². The molecular formula is C18H19F3O2. The molecule has 0 atom stereocenters. The Balaban J connectivity index is 2.75. The van der Waals surface area contributed by atoms with Crippen molar-refractivity contribution in [3.05, 3.63) is 47.5 Å². The number of benzene rings is 2. The highest BCUT2D eigenvalue weighted by Gasteiger charge is 2.35. The first-order valence-corrected chi connectivity index (χ1v) is 7.22. The van der Waals surface area contributed by atoms with Gasteiger partial charge in [-0.2, -0.15) is 13.2 Å². The average molecular weight is 324 g/mol. The van der Waals surface area contributed by atoms with Crippen LogP contribution in [0.4, 0.5) is 13.2 Å². The second-order valence-corrected chi connectivity index (χ2v) is 5.50. The lowest BCUT2D eigenvalue weighted by Crippen LogP contribution is -2.08. The Bertz CT molecular complexity index is 691. The van der Waals surface area contributed by atoms with Crippen LogP contribution in [0.5, 0.6) is 11.5 Å². The van der Waals surface area contributed by atoms with Gasteiger partial charge in [0.25, 0.3) is 0 Å². The van der Waals surface area contributed by atoms with Crippen molar-refractivity contribution in [2.24, 2.45) is 0 Å². The first kappa shape index (κ1) is 17.2. The lowest BCUT2D eigenvalue weighted by molar-refractivity contribution is -0.137. The SMILES string of the molecule is COc1cc(C(C)C)ccc1-c1c(OC)cccc1C(F)(F)F. The van der Waals surface area contributed by atoms with E-state index in [1.54, 1.807) is 12.1 Å². The van der Waals surface area contributed by atoms with Crippen LogP contribution in [0.15, 0.2) is 36.4 Å². The molecule has 0 aliphatic rings. The Morgan fingerprint density at radius 2 is 1.57 bits per heavy atom. The molecule has 0 spiro atoms. The number of halogens is 3. The van der Waals surface area contributed by atoms with Gasteiger partial charge in [0.2, 0.25) is 0 Å². The molecular weight excluding hydrogens is 305 g/mol. The molecule has 0 N–H and O–H groups in total. The van der Waals surface area contributed by atoms with Crippen molar-refractivity contribution in [1.82, 2.24) is 0 Å². The molecule has 124 valence electrons. The summed E-state index contributed by atoms with van der Waals surface area (Å²) in [5, 5.41) is 0. The number of ether oxygens (including phenoxy) is 2. The third-order valence-corrected chi connectivity index (χ3v) is 3.71. The van der Waals surface area contributed by atoms with Gasteiger partial charge in [-0.15, -0.1) is 0 Å². The van der Waals surface area contributed by atoms with Crippen molar-refractivity contribution in [3.63, 3.8) is 0 Å². The van der Waals surface area contributed by atoms with Crippen LogP contribution in [0.3, 0.4) is 0 Å². The molecule has 0 saturated heterocycles. The lowest BCUT2D eigenvalue weighted by atomic mass is 9.94. The van der Waals surface area contributed by atoms with Crippen LogP contribution < -0.4 is 9.47 Å². The number of rotatable bonds is 4. The summed E-state index contributed by atoms with van der Waals surface area (Å²) in [6.45, 7) is 4.03. The molecule has 0 aliphatic carbocycles. The van der Waals surface area contributed by atoms with E-state index >= 15 is 0 Å². The summed E-state index contributed by atoms with van der Waals surface area (Å²) in [4.78, 5) is 0. The summed E-state index contributed by atoms with van der Waals surface area (Å²) >= 11 is 0. The molecule has 2 aromatic rings. The van der Waals surface area contributed by atoms with Gasteiger partial charge in [-0.05, 0) is 29.7 Å². The maximum Gasteiger partial charge on any atom is 0.417 e. The molecule has 0 unspecified atom stereocenters. The molecule has 0 fully saturated rings. The molecule has 23 heavy (non-hydrogen) atoms. The fraction of sp³-hybridized carbons (Fsp3) is 0.333. The molecule has 0 amide bonds. The van der Waals surface area contributed by atoms with Crippen molar-refractivity contribution in [3.8, 4) is 22.6 Å². The Kier molecular flexibility index (Phi) is 4.88. The summed E-state index contributed by atoms with van der Waals surface area (Å²) < 4.78 is 50.7. The van der Waals surface area contributed by atoms with Gasteiger partial charge in [0.05, 0.1) is 19.8 Å². The predicted octanol–water partition coefficient (Wildman–Crippen LogP) is 5.51. The monoisotopic (exact) mass is 324 g/mol. The molecule has 5 heteroatoms. The van der Waals surface area contributed by atoms with Crippen molar-refractivity contribution in [2.45, 2.75) is 25.9 Å². The first-order valence-electron chi connectivity index (χ1n) is 7.22. The molecule has 0 bridgehead atoms. The van der Waals surface area contributed by atoms with E-state index in [2.05, 4.69) is 0 Å². The minimum absolute atomic E-state index is 0.00495. The van der Waals surface area contributed by atoms with E-state index in [9.17, 15) is 13.2 Å². The minimum atomic E-state index is -4.48. The standard InChI is InChI=1S/C18H19F3O2/c1-11(2)12-8-9-13(16(10-12)23-4)17-14(18(19,20)21)6-5-7-15(17)22-3/h5-11H,1-4H3. The van der Waals surface area contributed by atoms with E-state index < -0.39 is 11.7 Å². The van der Waals surface area contributed by atoms with Gasteiger partial charge in [-0.3, -0.25) is 0 Å². The van der Waals surface area contributed by atoms with E-state index in [1.165, 1.54) is 26.4 Å². The van der Waals surface area contributed by atoms with Crippen LogP contribution >= 0.6 is 0 Å². The third-order valence-electron chi connectivity index (χ3n) is 3.71. The maximum absolute atomic E-state index is 13.4. The number of alkyl halides is 3. The van der Waals surface area contributed by atoms with Crippen LogP contribution in [0.1, 0.15) is 30.9 Å². The molecule has 0 aromatic heterocycles. The van der Waals surface area contributed by atoms with Crippen LogP contribution in [0.2, 0.25) is 0 Å². The van der Waals surface area contributed by atoms with E-state index in [1.807, 2.05) is 19.9 Å². The highest BCUT2D eigenvalue weighted by atomic mass is 19.4. The minimum Gasteiger partial charge on any atom is -0.496 e. The summed E-state index contributed by atoms with van der Waals surface area (Å²) in [6, 6.07) is 9.14. The third kappa shape index (κ3) is 3.44. The van der Waals surface area contributed by atoms with Crippen molar-refractivity contribution >= 4 is 0 Å². The Labute approximate surface area is 133 Å². The zero-order chi connectivity index (χ0) is 17.2. The maximum atomic E-state index is 13.4. The molecule has 0 aliphatic heterocycles. The highest BCUT2D eigenvalue weighted by molar-refractivity contribution is 5.79.